The maximum Gasteiger partial charge on any atom is 0.415 e. The van der Waals surface area contributed by atoms with Crippen LogP contribution in [-0.4, -0.2) is 43.4 Å². The number of halogens is 3. The van der Waals surface area contributed by atoms with Gasteiger partial charge in [0.1, 0.15) is 0 Å². The van der Waals surface area contributed by atoms with E-state index in [-0.39, 0.29) is 12.5 Å². The van der Waals surface area contributed by atoms with Gasteiger partial charge in [-0.2, -0.15) is 13.2 Å². The highest BCUT2D eigenvalue weighted by atomic mass is 19.4. The van der Waals surface area contributed by atoms with Crippen molar-refractivity contribution in [3.8, 4) is 0 Å². The Labute approximate surface area is 104 Å². The zero-order chi connectivity index (χ0) is 13.3. The van der Waals surface area contributed by atoms with Gasteiger partial charge in [0.05, 0.1) is 17.8 Å². The van der Waals surface area contributed by atoms with Crippen LogP contribution in [0.4, 0.5) is 13.2 Å². The number of nitrogens with two attached hydrogens (primary N) is 1. The SMILES string of the molecule is CN1CCC(OC2CC(N)=CC=C2C(F)(F)F)C1. The monoisotopic (exact) mass is 262 g/mol. The minimum Gasteiger partial charge on any atom is -0.402 e. The summed E-state index contributed by atoms with van der Waals surface area (Å²) in [6.07, 6.45) is -2.24. The van der Waals surface area contributed by atoms with Gasteiger partial charge in [0, 0.05) is 25.2 Å². The Kier molecular flexibility index (Phi) is 3.68. The molecular weight excluding hydrogens is 245 g/mol. The molecule has 0 amide bonds. The van der Waals surface area contributed by atoms with Crippen molar-refractivity contribution in [3.05, 3.63) is 23.4 Å². The molecule has 18 heavy (non-hydrogen) atoms. The van der Waals surface area contributed by atoms with Crippen molar-refractivity contribution in [2.24, 2.45) is 5.73 Å². The average Bonchev–Trinajstić information content (AvgIpc) is 2.62. The normalized spacial score (nSPS) is 30.2. The molecule has 2 unspecified atom stereocenters. The lowest BCUT2D eigenvalue weighted by Gasteiger charge is -2.28. The van der Waals surface area contributed by atoms with Gasteiger partial charge < -0.3 is 15.4 Å². The number of likely N-dealkylation sites (tertiary alicyclic amines) is 1. The number of alkyl halides is 3. The molecule has 0 saturated carbocycles. The summed E-state index contributed by atoms with van der Waals surface area (Å²) < 4.78 is 44.1. The van der Waals surface area contributed by atoms with E-state index in [1.807, 2.05) is 11.9 Å². The number of likely N-dealkylation sites (N-methyl/N-ethyl adjacent to an activating group) is 1. The molecule has 102 valence electrons. The van der Waals surface area contributed by atoms with Gasteiger partial charge in [-0.1, -0.05) is 0 Å². The van der Waals surface area contributed by atoms with Crippen LogP contribution in [0.2, 0.25) is 0 Å². The lowest BCUT2D eigenvalue weighted by molar-refractivity contribution is -0.117. The molecule has 2 N–H and O–H groups in total. The Hall–Kier alpha value is -1.01. The van der Waals surface area contributed by atoms with E-state index in [2.05, 4.69) is 0 Å². The summed E-state index contributed by atoms with van der Waals surface area (Å²) in [5.74, 6) is 0. The van der Waals surface area contributed by atoms with Crippen molar-refractivity contribution in [1.82, 2.24) is 4.90 Å². The molecule has 2 aliphatic rings. The molecule has 0 bridgehead atoms. The maximum atomic E-state index is 12.8. The molecular formula is C12H17F3N2O. The fourth-order valence-corrected chi connectivity index (χ4v) is 2.33. The van der Waals surface area contributed by atoms with E-state index in [0.29, 0.717) is 12.2 Å². The summed E-state index contributed by atoms with van der Waals surface area (Å²) in [4.78, 5) is 2.05. The molecule has 1 aliphatic carbocycles. The van der Waals surface area contributed by atoms with Crippen molar-refractivity contribution in [3.63, 3.8) is 0 Å². The summed E-state index contributed by atoms with van der Waals surface area (Å²) in [6.45, 7) is 1.53. The zero-order valence-electron chi connectivity index (χ0n) is 10.2. The second kappa shape index (κ2) is 4.93. The first-order valence-electron chi connectivity index (χ1n) is 5.93. The Morgan fingerprint density at radius 3 is 2.67 bits per heavy atom. The maximum absolute atomic E-state index is 12.8. The third-order valence-corrected chi connectivity index (χ3v) is 3.28. The molecule has 1 heterocycles. The molecule has 2 atom stereocenters. The third kappa shape index (κ3) is 3.05. The highest BCUT2D eigenvalue weighted by molar-refractivity contribution is 5.29. The van der Waals surface area contributed by atoms with Gasteiger partial charge in [0.25, 0.3) is 0 Å². The highest BCUT2D eigenvalue weighted by Gasteiger charge is 2.41. The van der Waals surface area contributed by atoms with Crippen molar-refractivity contribution >= 4 is 0 Å². The van der Waals surface area contributed by atoms with E-state index >= 15 is 0 Å². The van der Waals surface area contributed by atoms with Crippen molar-refractivity contribution < 1.29 is 17.9 Å². The highest BCUT2D eigenvalue weighted by Crippen LogP contribution is 2.35. The van der Waals surface area contributed by atoms with Crippen LogP contribution in [0, 0.1) is 0 Å². The Morgan fingerprint density at radius 2 is 2.11 bits per heavy atom. The molecule has 3 nitrogen and oxygen atoms in total. The minimum absolute atomic E-state index is 0.117. The molecule has 0 spiro atoms. The van der Waals surface area contributed by atoms with Gasteiger partial charge in [-0.3, -0.25) is 0 Å². The quantitative estimate of drug-likeness (QED) is 0.825. The van der Waals surface area contributed by atoms with Crippen LogP contribution >= 0.6 is 0 Å². The van der Waals surface area contributed by atoms with E-state index in [9.17, 15) is 13.2 Å². The van der Waals surface area contributed by atoms with E-state index < -0.39 is 17.9 Å². The van der Waals surface area contributed by atoms with Gasteiger partial charge >= 0.3 is 6.18 Å². The molecule has 1 aliphatic heterocycles. The molecule has 0 aromatic carbocycles. The second-order valence-corrected chi connectivity index (χ2v) is 4.86. The van der Waals surface area contributed by atoms with E-state index in [1.165, 1.54) is 6.08 Å². The Bertz CT molecular complexity index is 376. The largest absolute Gasteiger partial charge is 0.415 e. The topological polar surface area (TPSA) is 38.5 Å². The van der Waals surface area contributed by atoms with Gasteiger partial charge in [-0.05, 0) is 25.6 Å². The van der Waals surface area contributed by atoms with Crippen LogP contribution in [-0.2, 0) is 4.74 Å². The van der Waals surface area contributed by atoms with E-state index in [0.717, 1.165) is 19.0 Å². The molecule has 1 fully saturated rings. The summed E-state index contributed by atoms with van der Waals surface area (Å²) in [5, 5.41) is 0. The van der Waals surface area contributed by atoms with Crippen molar-refractivity contribution in [2.45, 2.75) is 31.2 Å². The number of rotatable bonds is 2. The van der Waals surface area contributed by atoms with Crippen LogP contribution in [0.3, 0.4) is 0 Å². The first-order chi connectivity index (χ1) is 8.36. The minimum atomic E-state index is -4.35. The number of hydrogen-bond acceptors (Lipinski definition) is 3. The summed E-state index contributed by atoms with van der Waals surface area (Å²) >= 11 is 0. The number of allylic oxidation sites excluding steroid dienone is 2. The smallest absolute Gasteiger partial charge is 0.402 e. The number of hydrogen-bond donors (Lipinski definition) is 1. The average molecular weight is 262 g/mol. The summed E-state index contributed by atoms with van der Waals surface area (Å²) in [7, 11) is 1.93. The molecule has 6 heteroatoms. The molecule has 2 rings (SSSR count). The first-order valence-corrected chi connectivity index (χ1v) is 5.93. The fourth-order valence-electron chi connectivity index (χ4n) is 2.33. The lowest BCUT2D eigenvalue weighted by atomic mass is 9.98. The predicted octanol–water partition coefficient (Wildman–Crippen LogP) is 1.81. The Balaban J connectivity index is 2.06. The summed E-state index contributed by atoms with van der Waals surface area (Å²) in [5.41, 5.74) is 5.39. The molecule has 0 aromatic heterocycles. The summed E-state index contributed by atoms with van der Waals surface area (Å²) in [6, 6.07) is 0. The van der Waals surface area contributed by atoms with Crippen LogP contribution in [0.25, 0.3) is 0 Å². The standard InChI is InChI=1S/C12H17F3N2O/c1-17-5-4-9(7-17)18-11-6-8(16)2-3-10(11)12(13,14)15/h2-3,9,11H,4-7,16H2,1H3. The van der Waals surface area contributed by atoms with Crippen molar-refractivity contribution in [1.29, 1.82) is 0 Å². The molecule has 0 aromatic rings. The van der Waals surface area contributed by atoms with Crippen LogP contribution in [0.5, 0.6) is 0 Å². The fraction of sp³-hybridized carbons (Fsp3) is 0.667. The van der Waals surface area contributed by atoms with Gasteiger partial charge in [0.2, 0.25) is 0 Å². The first kappa shape index (κ1) is 13.4. The molecule has 1 saturated heterocycles. The number of nitrogens with zero attached hydrogens (tertiary/aromatic N) is 1. The van der Waals surface area contributed by atoms with E-state index in [1.54, 1.807) is 0 Å². The lowest BCUT2D eigenvalue weighted by Crippen LogP contribution is -2.34. The van der Waals surface area contributed by atoms with Crippen molar-refractivity contribution in [2.75, 3.05) is 20.1 Å². The van der Waals surface area contributed by atoms with Crippen LogP contribution in [0.1, 0.15) is 12.8 Å². The molecule has 0 radical (unpaired) electrons. The third-order valence-electron chi connectivity index (χ3n) is 3.28. The second-order valence-electron chi connectivity index (χ2n) is 4.86. The zero-order valence-corrected chi connectivity index (χ0v) is 10.2. The van der Waals surface area contributed by atoms with Gasteiger partial charge in [-0.25, -0.2) is 0 Å². The predicted molar refractivity (Wildman–Crippen MR) is 61.8 cm³/mol. The number of ether oxygens (including phenoxy) is 1. The van der Waals surface area contributed by atoms with Crippen LogP contribution in [0.15, 0.2) is 23.4 Å². The van der Waals surface area contributed by atoms with Gasteiger partial charge in [-0.15, -0.1) is 0 Å². The Morgan fingerprint density at radius 1 is 1.39 bits per heavy atom. The van der Waals surface area contributed by atoms with Crippen LogP contribution < -0.4 is 5.73 Å². The van der Waals surface area contributed by atoms with Gasteiger partial charge in [0.15, 0.2) is 0 Å². The van der Waals surface area contributed by atoms with E-state index in [4.69, 9.17) is 10.5 Å².